The van der Waals surface area contributed by atoms with Crippen LogP contribution in [0.2, 0.25) is 0 Å². The maximum atomic E-state index is 11.8. The van der Waals surface area contributed by atoms with Gasteiger partial charge in [-0.1, -0.05) is 42.5 Å². The maximum Gasteiger partial charge on any atom is 0.221 e. The number of hydrogen-bond donors (Lipinski definition) is 2. The number of benzene rings is 2. The van der Waals surface area contributed by atoms with Gasteiger partial charge in [-0.25, -0.2) is 0 Å². The van der Waals surface area contributed by atoms with Crippen molar-refractivity contribution in [2.45, 2.75) is 31.8 Å². The van der Waals surface area contributed by atoms with Gasteiger partial charge in [-0.05, 0) is 29.2 Å². The van der Waals surface area contributed by atoms with Crippen molar-refractivity contribution >= 4 is 16.7 Å². The fourth-order valence-corrected chi connectivity index (χ4v) is 2.41. The minimum atomic E-state index is 0.117. The predicted octanol–water partition coefficient (Wildman–Crippen LogP) is 2.60. The molecular formula is C17H20N2O. The van der Waals surface area contributed by atoms with Gasteiger partial charge in [0, 0.05) is 25.6 Å². The third-order valence-electron chi connectivity index (χ3n) is 3.72. The fraction of sp³-hybridized carbons (Fsp3) is 0.353. The third-order valence-corrected chi connectivity index (χ3v) is 3.72. The van der Waals surface area contributed by atoms with Crippen LogP contribution < -0.4 is 10.6 Å². The highest BCUT2D eigenvalue weighted by Gasteiger charge is 2.19. The molecule has 0 unspecified atom stereocenters. The molecule has 0 aliphatic heterocycles. The van der Waals surface area contributed by atoms with Crippen molar-refractivity contribution in [3.63, 3.8) is 0 Å². The topological polar surface area (TPSA) is 41.1 Å². The summed E-state index contributed by atoms with van der Waals surface area (Å²) >= 11 is 0. The summed E-state index contributed by atoms with van der Waals surface area (Å²) in [6.45, 7) is 1.38. The van der Waals surface area contributed by atoms with Crippen LogP contribution >= 0.6 is 0 Å². The van der Waals surface area contributed by atoms with Crippen LogP contribution in [0.5, 0.6) is 0 Å². The van der Waals surface area contributed by atoms with Crippen molar-refractivity contribution in [2.75, 3.05) is 6.54 Å². The zero-order valence-electron chi connectivity index (χ0n) is 11.6. The minimum absolute atomic E-state index is 0.117. The highest BCUT2D eigenvalue weighted by Crippen LogP contribution is 2.19. The second-order valence-electron chi connectivity index (χ2n) is 5.39. The summed E-state index contributed by atoms with van der Waals surface area (Å²) in [7, 11) is 0. The monoisotopic (exact) mass is 268 g/mol. The standard InChI is InChI=1S/C17H20N2O/c20-17(10-11-18-15-8-9-15)19-12-14-6-3-5-13-4-1-2-7-16(13)14/h1-7,15,18H,8-12H2,(H,19,20). The lowest BCUT2D eigenvalue weighted by molar-refractivity contribution is -0.121. The Kier molecular flexibility index (Phi) is 3.97. The number of rotatable bonds is 6. The van der Waals surface area contributed by atoms with Crippen molar-refractivity contribution < 1.29 is 4.79 Å². The number of carbonyl (C=O) groups excluding carboxylic acids is 1. The van der Waals surface area contributed by atoms with E-state index < -0.39 is 0 Å². The van der Waals surface area contributed by atoms with Gasteiger partial charge < -0.3 is 10.6 Å². The summed E-state index contributed by atoms with van der Waals surface area (Å²) in [6.07, 6.45) is 3.08. The first-order valence-corrected chi connectivity index (χ1v) is 7.29. The second-order valence-corrected chi connectivity index (χ2v) is 5.39. The SMILES string of the molecule is O=C(CCNC1CC1)NCc1cccc2ccccc12. The third kappa shape index (κ3) is 3.36. The van der Waals surface area contributed by atoms with E-state index in [-0.39, 0.29) is 5.91 Å². The van der Waals surface area contributed by atoms with Gasteiger partial charge in [0.1, 0.15) is 0 Å². The Hall–Kier alpha value is -1.87. The van der Waals surface area contributed by atoms with E-state index in [1.807, 2.05) is 18.2 Å². The molecule has 2 aromatic carbocycles. The first-order chi connectivity index (χ1) is 9.83. The molecule has 2 N–H and O–H groups in total. The van der Waals surface area contributed by atoms with Crippen molar-refractivity contribution in [2.24, 2.45) is 0 Å². The van der Waals surface area contributed by atoms with E-state index in [1.54, 1.807) is 0 Å². The van der Waals surface area contributed by atoms with Crippen LogP contribution in [0.15, 0.2) is 42.5 Å². The molecule has 3 heteroatoms. The van der Waals surface area contributed by atoms with E-state index in [1.165, 1.54) is 29.2 Å². The number of carbonyl (C=O) groups is 1. The molecule has 0 bridgehead atoms. The average molecular weight is 268 g/mol. The Labute approximate surface area is 119 Å². The molecule has 1 aliphatic rings. The molecule has 1 amide bonds. The van der Waals surface area contributed by atoms with Gasteiger partial charge in [0.25, 0.3) is 0 Å². The van der Waals surface area contributed by atoms with Gasteiger partial charge in [-0.3, -0.25) is 4.79 Å². The molecule has 3 nitrogen and oxygen atoms in total. The normalized spacial score (nSPS) is 14.4. The molecule has 0 spiro atoms. The van der Waals surface area contributed by atoms with Crippen LogP contribution in [0.25, 0.3) is 10.8 Å². The molecular weight excluding hydrogens is 248 g/mol. The summed E-state index contributed by atoms with van der Waals surface area (Å²) < 4.78 is 0. The number of amides is 1. The van der Waals surface area contributed by atoms with E-state index in [0.717, 1.165) is 6.54 Å². The van der Waals surface area contributed by atoms with Gasteiger partial charge in [-0.15, -0.1) is 0 Å². The molecule has 0 atom stereocenters. The van der Waals surface area contributed by atoms with Crippen molar-refractivity contribution in [1.82, 2.24) is 10.6 Å². The summed E-state index contributed by atoms with van der Waals surface area (Å²) in [5, 5.41) is 8.79. The van der Waals surface area contributed by atoms with Gasteiger partial charge in [0.2, 0.25) is 5.91 Å². The Bertz CT molecular complexity index is 599. The lowest BCUT2D eigenvalue weighted by Crippen LogP contribution is -2.28. The molecule has 3 rings (SSSR count). The number of nitrogens with one attached hydrogen (secondary N) is 2. The molecule has 1 saturated carbocycles. The molecule has 104 valence electrons. The predicted molar refractivity (Wildman–Crippen MR) is 81.4 cm³/mol. The van der Waals surface area contributed by atoms with Crippen LogP contribution in [-0.2, 0) is 11.3 Å². The molecule has 0 saturated heterocycles. The molecule has 0 aromatic heterocycles. The molecule has 1 fully saturated rings. The maximum absolute atomic E-state index is 11.8. The number of fused-ring (bicyclic) bond motifs is 1. The summed E-state index contributed by atoms with van der Waals surface area (Å²) in [5.41, 5.74) is 1.17. The molecule has 20 heavy (non-hydrogen) atoms. The Morgan fingerprint density at radius 2 is 1.90 bits per heavy atom. The lowest BCUT2D eigenvalue weighted by Gasteiger charge is -2.09. The van der Waals surface area contributed by atoms with Crippen molar-refractivity contribution in [1.29, 1.82) is 0 Å². The Morgan fingerprint density at radius 1 is 1.10 bits per heavy atom. The zero-order chi connectivity index (χ0) is 13.8. The summed E-state index contributed by atoms with van der Waals surface area (Å²) in [6, 6.07) is 15.2. The fourth-order valence-electron chi connectivity index (χ4n) is 2.41. The van der Waals surface area contributed by atoms with Crippen LogP contribution in [-0.4, -0.2) is 18.5 Å². The summed E-state index contributed by atoms with van der Waals surface area (Å²) in [5.74, 6) is 0.117. The minimum Gasteiger partial charge on any atom is -0.352 e. The smallest absolute Gasteiger partial charge is 0.221 e. The van der Waals surface area contributed by atoms with Gasteiger partial charge in [0.15, 0.2) is 0 Å². The molecule has 0 radical (unpaired) electrons. The van der Waals surface area contributed by atoms with E-state index in [0.29, 0.717) is 19.0 Å². The quantitative estimate of drug-likeness (QED) is 0.845. The van der Waals surface area contributed by atoms with E-state index in [4.69, 9.17) is 0 Å². The summed E-state index contributed by atoms with van der Waals surface area (Å²) in [4.78, 5) is 11.8. The van der Waals surface area contributed by atoms with Crippen LogP contribution in [0, 0.1) is 0 Å². The lowest BCUT2D eigenvalue weighted by atomic mass is 10.0. The first-order valence-electron chi connectivity index (χ1n) is 7.29. The largest absolute Gasteiger partial charge is 0.352 e. The Balaban J connectivity index is 1.54. The molecule has 0 heterocycles. The highest BCUT2D eigenvalue weighted by molar-refractivity contribution is 5.86. The van der Waals surface area contributed by atoms with Gasteiger partial charge in [0.05, 0.1) is 0 Å². The van der Waals surface area contributed by atoms with E-state index >= 15 is 0 Å². The van der Waals surface area contributed by atoms with E-state index in [9.17, 15) is 4.79 Å². The van der Waals surface area contributed by atoms with Crippen molar-refractivity contribution in [3.8, 4) is 0 Å². The van der Waals surface area contributed by atoms with Gasteiger partial charge >= 0.3 is 0 Å². The van der Waals surface area contributed by atoms with Crippen LogP contribution in [0.4, 0.5) is 0 Å². The van der Waals surface area contributed by atoms with Crippen LogP contribution in [0.3, 0.4) is 0 Å². The highest BCUT2D eigenvalue weighted by atomic mass is 16.1. The average Bonchev–Trinajstić information content (AvgIpc) is 3.29. The van der Waals surface area contributed by atoms with Crippen molar-refractivity contribution in [3.05, 3.63) is 48.0 Å². The van der Waals surface area contributed by atoms with Gasteiger partial charge in [-0.2, -0.15) is 0 Å². The molecule has 2 aromatic rings. The molecule has 1 aliphatic carbocycles. The number of hydrogen-bond acceptors (Lipinski definition) is 2. The zero-order valence-corrected chi connectivity index (χ0v) is 11.6. The second kappa shape index (κ2) is 6.06. The van der Waals surface area contributed by atoms with E-state index in [2.05, 4.69) is 34.9 Å². The first kappa shape index (κ1) is 13.1. The Morgan fingerprint density at radius 3 is 2.75 bits per heavy atom. The van der Waals surface area contributed by atoms with Crippen LogP contribution in [0.1, 0.15) is 24.8 Å².